The fourth-order valence-electron chi connectivity index (χ4n) is 2.42. The molecule has 118 valence electrons. The predicted octanol–water partition coefficient (Wildman–Crippen LogP) is 1.57. The Kier molecular flexibility index (Phi) is 5.14. The Balaban J connectivity index is 1.99. The highest BCUT2D eigenvalue weighted by Gasteiger charge is 2.21. The van der Waals surface area contributed by atoms with Gasteiger partial charge in [-0.15, -0.1) is 0 Å². The second kappa shape index (κ2) is 7.06. The Hall–Kier alpha value is -2.37. The van der Waals surface area contributed by atoms with Crippen molar-refractivity contribution in [2.24, 2.45) is 0 Å². The third-order valence-electron chi connectivity index (χ3n) is 3.70. The van der Waals surface area contributed by atoms with E-state index in [1.165, 1.54) is 31.5 Å². The topological polar surface area (TPSA) is 84.5 Å². The molecule has 1 unspecified atom stereocenters. The van der Waals surface area contributed by atoms with Crippen LogP contribution in [-0.4, -0.2) is 31.1 Å². The Morgan fingerprint density at radius 2 is 1.82 bits per heavy atom. The summed E-state index contributed by atoms with van der Waals surface area (Å²) in [6.07, 6.45) is 3.25. The molecule has 0 fully saturated rings. The third-order valence-corrected chi connectivity index (χ3v) is 3.70. The fourth-order valence-corrected chi connectivity index (χ4v) is 2.42. The van der Waals surface area contributed by atoms with Gasteiger partial charge in [-0.3, -0.25) is 10.1 Å². The average Bonchev–Trinajstić information content (AvgIpc) is 2.53. The number of fused-ring (bicyclic) bond motifs is 1. The number of urea groups is 1. The van der Waals surface area contributed by atoms with Crippen molar-refractivity contribution in [1.29, 1.82) is 0 Å². The molecular weight excluding hydrogens is 284 g/mol. The third kappa shape index (κ3) is 3.84. The number of nitrogens with one attached hydrogen (secondary N) is 2. The molecule has 6 nitrogen and oxygen atoms in total. The molecule has 0 aliphatic heterocycles. The molecule has 0 bridgehead atoms. The lowest BCUT2D eigenvalue weighted by molar-refractivity contribution is -0.127. The quantitative estimate of drug-likeness (QED) is 0.830. The zero-order valence-electron chi connectivity index (χ0n) is 12.8. The molecule has 0 radical (unpaired) electrons. The number of aryl methyl sites for hydroxylation is 2. The number of benzene rings is 1. The van der Waals surface area contributed by atoms with Gasteiger partial charge in [0.25, 0.3) is 5.91 Å². The van der Waals surface area contributed by atoms with Crippen molar-refractivity contribution in [3.63, 3.8) is 0 Å². The van der Waals surface area contributed by atoms with E-state index in [9.17, 15) is 14.4 Å². The second-order valence-electron chi connectivity index (χ2n) is 5.31. The van der Waals surface area contributed by atoms with Crippen LogP contribution in [0.15, 0.2) is 18.2 Å². The molecule has 1 aromatic carbocycles. The summed E-state index contributed by atoms with van der Waals surface area (Å²) in [6, 6.07) is 4.86. The highest BCUT2D eigenvalue weighted by atomic mass is 16.5. The van der Waals surface area contributed by atoms with E-state index in [1.54, 1.807) is 6.07 Å². The zero-order chi connectivity index (χ0) is 16.1. The van der Waals surface area contributed by atoms with Crippen molar-refractivity contribution in [3.05, 3.63) is 34.9 Å². The zero-order valence-corrected chi connectivity index (χ0v) is 12.8. The molecule has 2 rings (SSSR count). The van der Waals surface area contributed by atoms with Gasteiger partial charge in [-0.25, -0.2) is 9.59 Å². The summed E-state index contributed by atoms with van der Waals surface area (Å²) in [6.45, 7) is 1.43. The van der Waals surface area contributed by atoms with Crippen LogP contribution < -0.4 is 10.6 Å². The summed E-state index contributed by atoms with van der Waals surface area (Å²) < 4.78 is 5.10. The molecule has 1 atom stereocenters. The highest BCUT2D eigenvalue weighted by Crippen LogP contribution is 2.22. The molecular formula is C16H20N2O4. The Bertz CT molecular complexity index is 598. The van der Waals surface area contributed by atoms with Crippen LogP contribution in [0.4, 0.5) is 4.79 Å². The Morgan fingerprint density at radius 3 is 2.50 bits per heavy atom. The monoisotopic (exact) mass is 304 g/mol. The number of carbonyl (C=O) groups excluding carboxylic acids is 3. The Morgan fingerprint density at radius 1 is 1.14 bits per heavy atom. The first kappa shape index (κ1) is 16.0. The molecule has 22 heavy (non-hydrogen) atoms. The molecule has 0 aromatic heterocycles. The van der Waals surface area contributed by atoms with E-state index in [0.29, 0.717) is 5.56 Å². The molecule has 0 saturated heterocycles. The van der Waals surface area contributed by atoms with Gasteiger partial charge < -0.3 is 10.1 Å². The maximum Gasteiger partial charge on any atom is 0.338 e. The number of hydrogen-bond acceptors (Lipinski definition) is 4. The maximum atomic E-state index is 12.1. The minimum Gasteiger partial charge on any atom is -0.449 e. The molecule has 0 spiro atoms. The summed E-state index contributed by atoms with van der Waals surface area (Å²) in [4.78, 5) is 34.8. The second-order valence-corrected chi connectivity index (χ2v) is 5.31. The van der Waals surface area contributed by atoms with Gasteiger partial charge in [0.2, 0.25) is 0 Å². The van der Waals surface area contributed by atoms with Crippen LogP contribution in [0.25, 0.3) is 0 Å². The van der Waals surface area contributed by atoms with Gasteiger partial charge in [0.15, 0.2) is 6.10 Å². The highest BCUT2D eigenvalue weighted by molar-refractivity contribution is 5.98. The SMILES string of the molecule is CNC(=O)NC(=O)C(C)OC(=O)c1ccc2c(c1)CCCC2. The normalized spacial score (nSPS) is 14.5. The van der Waals surface area contributed by atoms with Crippen LogP contribution in [0.2, 0.25) is 0 Å². The first-order valence-electron chi connectivity index (χ1n) is 7.36. The number of esters is 1. The molecule has 1 aliphatic rings. The van der Waals surface area contributed by atoms with Gasteiger partial charge in [0, 0.05) is 7.05 Å². The van der Waals surface area contributed by atoms with Crippen molar-refractivity contribution >= 4 is 17.9 Å². The first-order chi connectivity index (χ1) is 10.5. The standard InChI is InChI=1S/C16H20N2O4/c1-10(14(19)18-16(21)17-2)22-15(20)13-8-7-11-5-3-4-6-12(11)9-13/h7-10H,3-6H2,1-2H3,(H2,17,18,19,21). The van der Waals surface area contributed by atoms with E-state index < -0.39 is 24.0 Å². The van der Waals surface area contributed by atoms with Crippen molar-refractivity contribution in [2.75, 3.05) is 7.05 Å². The first-order valence-corrected chi connectivity index (χ1v) is 7.36. The molecule has 0 saturated carbocycles. The summed E-state index contributed by atoms with van der Waals surface area (Å²) >= 11 is 0. The van der Waals surface area contributed by atoms with Crippen molar-refractivity contribution < 1.29 is 19.1 Å². The summed E-state index contributed by atoms with van der Waals surface area (Å²) in [7, 11) is 1.40. The van der Waals surface area contributed by atoms with Crippen LogP contribution in [0.5, 0.6) is 0 Å². The van der Waals surface area contributed by atoms with Crippen LogP contribution in [0.3, 0.4) is 0 Å². The summed E-state index contributed by atoms with van der Waals surface area (Å²) in [5.74, 6) is -1.22. The predicted molar refractivity (Wildman–Crippen MR) is 80.6 cm³/mol. The van der Waals surface area contributed by atoms with Crippen molar-refractivity contribution in [1.82, 2.24) is 10.6 Å². The van der Waals surface area contributed by atoms with E-state index in [0.717, 1.165) is 19.3 Å². The molecule has 3 amide bonds. The van der Waals surface area contributed by atoms with Crippen molar-refractivity contribution in [3.8, 4) is 0 Å². The van der Waals surface area contributed by atoms with Gasteiger partial charge >= 0.3 is 12.0 Å². The number of imide groups is 1. The number of ether oxygens (including phenoxy) is 1. The van der Waals surface area contributed by atoms with E-state index in [-0.39, 0.29) is 0 Å². The van der Waals surface area contributed by atoms with Crippen molar-refractivity contribution in [2.45, 2.75) is 38.7 Å². The van der Waals surface area contributed by atoms with E-state index in [4.69, 9.17) is 4.74 Å². The average molecular weight is 304 g/mol. The van der Waals surface area contributed by atoms with Crippen LogP contribution in [-0.2, 0) is 22.4 Å². The Labute approximate surface area is 129 Å². The van der Waals surface area contributed by atoms with Gasteiger partial charge in [0.05, 0.1) is 5.56 Å². The number of hydrogen-bond donors (Lipinski definition) is 2. The molecule has 1 aromatic rings. The van der Waals surface area contributed by atoms with E-state index >= 15 is 0 Å². The van der Waals surface area contributed by atoms with Gasteiger partial charge in [-0.05, 0) is 55.9 Å². The lowest BCUT2D eigenvalue weighted by atomic mass is 9.90. The lowest BCUT2D eigenvalue weighted by Crippen LogP contribution is -2.43. The summed E-state index contributed by atoms with van der Waals surface area (Å²) in [5, 5.41) is 4.33. The smallest absolute Gasteiger partial charge is 0.338 e. The molecule has 6 heteroatoms. The lowest BCUT2D eigenvalue weighted by Gasteiger charge is -2.17. The summed E-state index contributed by atoms with van der Waals surface area (Å²) in [5.41, 5.74) is 2.87. The largest absolute Gasteiger partial charge is 0.449 e. The van der Waals surface area contributed by atoms with Gasteiger partial charge in [-0.1, -0.05) is 6.07 Å². The maximum absolute atomic E-state index is 12.1. The van der Waals surface area contributed by atoms with Gasteiger partial charge in [0.1, 0.15) is 0 Å². The van der Waals surface area contributed by atoms with E-state index in [1.807, 2.05) is 12.1 Å². The van der Waals surface area contributed by atoms with Crippen LogP contribution >= 0.6 is 0 Å². The fraction of sp³-hybridized carbons (Fsp3) is 0.438. The number of amides is 3. The minimum absolute atomic E-state index is 0.431. The molecule has 1 aliphatic carbocycles. The molecule has 2 N–H and O–H groups in total. The number of rotatable bonds is 3. The van der Waals surface area contributed by atoms with Crippen LogP contribution in [0, 0.1) is 0 Å². The van der Waals surface area contributed by atoms with E-state index in [2.05, 4.69) is 10.6 Å². The van der Waals surface area contributed by atoms with Crippen LogP contribution in [0.1, 0.15) is 41.3 Å². The van der Waals surface area contributed by atoms with Gasteiger partial charge in [-0.2, -0.15) is 0 Å². The number of carbonyl (C=O) groups is 3. The minimum atomic E-state index is -1.04. The molecule has 0 heterocycles.